The highest BCUT2D eigenvalue weighted by Crippen LogP contribution is 2.41. The summed E-state index contributed by atoms with van der Waals surface area (Å²) in [5.74, 6) is 0. The van der Waals surface area contributed by atoms with Gasteiger partial charge in [0, 0.05) is 5.02 Å². The van der Waals surface area contributed by atoms with Crippen molar-refractivity contribution in [3.05, 3.63) is 34.3 Å². The number of aliphatic hydroxyl groups is 1. The van der Waals surface area contributed by atoms with Gasteiger partial charge in [-0.15, -0.1) is 0 Å². The van der Waals surface area contributed by atoms with Crippen LogP contribution in [0.15, 0.2) is 18.2 Å². The topological polar surface area (TPSA) is 46.2 Å². The maximum absolute atomic E-state index is 9.88. The standard InChI is InChI=1S/C12H16ClNO/c1-12(2)6-10(15)11(14)8-5-7(13)3-4-9(8)12/h3-5,10-11,15H,6,14H2,1-2H3/t10-,11-/m1/s1. The third-order valence-electron chi connectivity index (χ3n) is 3.24. The van der Waals surface area contributed by atoms with E-state index in [2.05, 4.69) is 13.8 Å². The number of hydrogen-bond donors (Lipinski definition) is 2. The van der Waals surface area contributed by atoms with Crippen LogP contribution in [0.4, 0.5) is 0 Å². The Labute approximate surface area is 95.1 Å². The molecule has 82 valence electrons. The van der Waals surface area contributed by atoms with E-state index in [9.17, 15) is 5.11 Å². The molecular formula is C12H16ClNO. The van der Waals surface area contributed by atoms with Crippen LogP contribution >= 0.6 is 11.6 Å². The summed E-state index contributed by atoms with van der Waals surface area (Å²) in [6.07, 6.45) is 0.217. The number of rotatable bonds is 0. The number of halogens is 1. The molecular weight excluding hydrogens is 210 g/mol. The average molecular weight is 226 g/mol. The van der Waals surface area contributed by atoms with Crippen LogP contribution in [0.25, 0.3) is 0 Å². The molecule has 0 aromatic heterocycles. The summed E-state index contributed by atoms with van der Waals surface area (Å²) >= 11 is 5.95. The van der Waals surface area contributed by atoms with Crippen molar-refractivity contribution in [2.75, 3.05) is 0 Å². The van der Waals surface area contributed by atoms with Crippen molar-refractivity contribution >= 4 is 11.6 Å². The zero-order valence-corrected chi connectivity index (χ0v) is 9.75. The maximum atomic E-state index is 9.88. The quantitative estimate of drug-likeness (QED) is 0.712. The monoisotopic (exact) mass is 225 g/mol. The van der Waals surface area contributed by atoms with Crippen LogP contribution in [0.1, 0.15) is 37.4 Å². The van der Waals surface area contributed by atoms with E-state index >= 15 is 0 Å². The lowest BCUT2D eigenvalue weighted by molar-refractivity contribution is 0.0995. The maximum Gasteiger partial charge on any atom is 0.0741 e. The Kier molecular flexibility index (Phi) is 2.53. The van der Waals surface area contributed by atoms with Gasteiger partial charge in [-0.3, -0.25) is 0 Å². The first-order valence-corrected chi connectivity index (χ1v) is 5.53. The molecule has 0 spiro atoms. The average Bonchev–Trinajstić information content (AvgIpc) is 2.13. The zero-order valence-electron chi connectivity index (χ0n) is 9.00. The Bertz CT molecular complexity index is 389. The van der Waals surface area contributed by atoms with Crippen LogP contribution in [-0.4, -0.2) is 11.2 Å². The van der Waals surface area contributed by atoms with Gasteiger partial charge in [0.05, 0.1) is 12.1 Å². The molecule has 0 heterocycles. The summed E-state index contributed by atoms with van der Waals surface area (Å²) in [5, 5.41) is 10.6. The molecule has 0 fully saturated rings. The molecule has 2 rings (SSSR count). The molecule has 2 atom stereocenters. The molecule has 0 aliphatic heterocycles. The van der Waals surface area contributed by atoms with Crippen molar-refractivity contribution in [2.45, 2.75) is 37.8 Å². The Balaban J connectivity index is 2.59. The van der Waals surface area contributed by atoms with Gasteiger partial charge in [0.2, 0.25) is 0 Å². The first-order chi connectivity index (χ1) is 6.92. The largest absolute Gasteiger partial charge is 0.391 e. The molecule has 0 saturated heterocycles. The number of benzene rings is 1. The van der Waals surface area contributed by atoms with E-state index in [1.54, 1.807) is 0 Å². The first kappa shape index (κ1) is 10.9. The predicted molar refractivity (Wildman–Crippen MR) is 62.0 cm³/mol. The second-order valence-electron chi connectivity index (χ2n) is 4.91. The van der Waals surface area contributed by atoms with E-state index in [-0.39, 0.29) is 11.5 Å². The van der Waals surface area contributed by atoms with E-state index in [0.717, 1.165) is 5.56 Å². The predicted octanol–water partition coefficient (Wildman–Crippen LogP) is 2.38. The fraction of sp³-hybridized carbons (Fsp3) is 0.500. The number of fused-ring (bicyclic) bond motifs is 1. The second-order valence-corrected chi connectivity index (χ2v) is 5.35. The molecule has 15 heavy (non-hydrogen) atoms. The molecule has 3 N–H and O–H groups in total. The van der Waals surface area contributed by atoms with E-state index in [1.807, 2.05) is 18.2 Å². The van der Waals surface area contributed by atoms with Crippen molar-refractivity contribution in [1.29, 1.82) is 0 Å². The molecule has 0 radical (unpaired) electrons. The summed E-state index contributed by atoms with van der Waals surface area (Å²) in [5.41, 5.74) is 8.12. The lowest BCUT2D eigenvalue weighted by Crippen LogP contribution is -2.39. The fourth-order valence-electron chi connectivity index (χ4n) is 2.39. The van der Waals surface area contributed by atoms with Crippen LogP contribution < -0.4 is 5.73 Å². The summed E-state index contributed by atoms with van der Waals surface area (Å²) in [4.78, 5) is 0. The van der Waals surface area contributed by atoms with Crippen LogP contribution in [0.5, 0.6) is 0 Å². The van der Waals surface area contributed by atoms with Crippen LogP contribution in [-0.2, 0) is 5.41 Å². The summed E-state index contributed by atoms with van der Waals surface area (Å²) in [7, 11) is 0. The highest BCUT2D eigenvalue weighted by Gasteiger charge is 2.36. The van der Waals surface area contributed by atoms with Crippen molar-refractivity contribution in [1.82, 2.24) is 0 Å². The van der Waals surface area contributed by atoms with Crippen LogP contribution in [0.2, 0.25) is 5.02 Å². The Hall–Kier alpha value is -0.570. The van der Waals surface area contributed by atoms with Gasteiger partial charge in [0.25, 0.3) is 0 Å². The number of nitrogens with two attached hydrogens (primary N) is 1. The van der Waals surface area contributed by atoms with E-state index in [0.29, 0.717) is 11.4 Å². The van der Waals surface area contributed by atoms with Gasteiger partial charge in [-0.05, 0) is 35.1 Å². The third-order valence-corrected chi connectivity index (χ3v) is 3.47. The Morgan fingerprint density at radius 1 is 1.47 bits per heavy atom. The molecule has 0 saturated carbocycles. The van der Waals surface area contributed by atoms with Gasteiger partial charge in [-0.1, -0.05) is 31.5 Å². The van der Waals surface area contributed by atoms with Crippen molar-refractivity contribution in [3.8, 4) is 0 Å². The lowest BCUT2D eigenvalue weighted by Gasteiger charge is -2.39. The van der Waals surface area contributed by atoms with Gasteiger partial charge in [-0.25, -0.2) is 0 Å². The van der Waals surface area contributed by atoms with Crippen molar-refractivity contribution in [3.63, 3.8) is 0 Å². The molecule has 0 bridgehead atoms. The fourth-order valence-corrected chi connectivity index (χ4v) is 2.57. The highest BCUT2D eigenvalue weighted by molar-refractivity contribution is 6.30. The molecule has 2 nitrogen and oxygen atoms in total. The first-order valence-electron chi connectivity index (χ1n) is 5.15. The molecule has 1 aromatic rings. The SMILES string of the molecule is CC1(C)C[C@@H](O)[C@H](N)c2cc(Cl)ccc21. The summed E-state index contributed by atoms with van der Waals surface area (Å²) in [6, 6.07) is 5.45. The third kappa shape index (κ3) is 1.78. The Morgan fingerprint density at radius 2 is 2.13 bits per heavy atom. The van der Waals surface area contributed by atoms with Crippen LogP contribution in [0.3, 0.4) is 0 Å². The normalized spacial score (nSPS) is 28.6. The minimum atomic E-state index is -0.481. The van der Waals surface area contributed by atoms with Crippen molar-refractivity contribution in [2.24, 2.45) is 5.73 Å². The molecule has 1 aromatic carbocycles. The van der Waals surface area contributed by atoms with Gasteiger partial charge < -0.3 is 10.8 Å². The van der Waals surface area contributed by atoms with Crippen LogP contribution in [0, 0.1) is 0 Å². The van der Waals surface area contributed by atoms with E-state index in [1.165, 1.54) is 5.56 Å². The van der Waals surface area contributed by atoms with Gasteiger partial charge in [0.15, 0.2) is 0 Å². The summed E-state index contributed by atoms with van der Waals surface area (Å²) in [6.45, 7) is 4.24. The van der Waals surface area contributed by atoms with Gasteiger partial charge in [0.1, 0.15) is 0 Å². The minimum Gasteiger partial charge on any atom is -0.391 e. The summed E-state index contributed by atoms with van der Waals surface area (Å²) < 4.78 is 0. The molecule has 1 aliphatic carbocycles. The lowest BCUT2D eigenvalue weighted by atomic mass is 9.70. The van der Waals surface area contributed by atoms with Crippen molar-refractivity contribution < 1.29 is 5.11 Å². The molecule has 1 aliphatic rings. The number of hydrogen-bond acceptors (Lipinski definition) is 2. The number of aliphatic hydroxyl groups excluding tert-OH is 1. The zero-order chi connectivity index (χ0) is 11.2. The van der Waals surface area contributed by atoms with E-state index in [4.69, 9.17) is 17.3 Å². The minimum absolute atomic E-state index is 0.0325. The smallest absolute Gasteiger partial charge is 0.0741 e. The highest BCUT2D eigenvalue weighted by atomic mass is 35.5. The molecule has 0 amide bonds. The molecule has 0 unspecified atom stereocenters. The Morgan fingerprint density at radius 3 is 2.80 bits per heavy atom. The molecule has 3 heteroatoms. The van der Waals surface area contributed by atoms with Gasteiger partial charge in [-0.2, -0.15) is 0 Å². The second kappa shape index (κ2) is 3.48. The van der Waals surface area contributed by atoms with Gasteiger partial charge >= 0.3 is 0 Å². The van der Waals surface area contributed by atoms with E-state index < -0.39 is 6.10 Å².